The average Bonchev–Trinajstić information content (AvgIpc) is 2.33. The first kappa shape index (κ1) is 5.71. The van der Waals surface area contributed by atoms with Gasteiger partial charge in [0.25, 0.3) is 0 Å². The fraction of sp³-hybridized carbons (Fsp3) is 0.250. The number of fused-ring (bicyclic) bond motifs is 1. The van der Waals surface area contributed by atoms with Gasteiger partial charge in [-0.3, -0.25) is 0 Å². The number of hydrogen-bond donors (Lipinski definition) is 1. The first-order chi connectivity index (χ1) is 4.86. The monoisotopic (exact) mass is 137 g/mol. The largest absolute Gasteiger partial charge is 0.361 e. The van der Waals surface area contributed by atoms with Crippen molar-refractivity contribution < 1.29 is 4.39 Å². The molecule has 0 fully saturated rings. The zero-order chi connectivity index (χ0) is 6.97. The standard InChI is InChI=1S/C8H8FN/c9-7-2-1-6-3-4-10-8(6)5-7/h3-5,10H,1-2H2. The lowest BCUT2D eigenvalue weighted by atomic mass is 10.0. The molecule has 0 amide bonds. The Kier molecular flexibility index (Phi) is 1.13. The molecule has 1 aromatic rings. The van der Waals surface area contributed by atoms with Gasteiger partial charge in [0.2, 0.25) is 0 Å². The van der Waals surface area contributed by atoms with Crippen molar-refractivity contribution in [1.29, 1.82) is 0 Å². The number of halogens is 1. The number of aryl methyl sites for hydroxylation is 1. The third-order valence-electron chi connectivity index (χ3n) is 1.80. The topological polar surface area (TPSA) is 15.8 Å². The van der Waals surface area contributed by atoms with Crippen LogP contribution < -0.4 is 0 Å². The Bertz CT molecular complexity index is 273. The molecule has 2 rings (SSSR count). The Hall–Kier alpha value is -1.05. The van der Waals surface area contributed by atoms with Gasteiger partial charge in [0, 0.05) is 18.3 Å². The van der Waals surface area contributed by atoms with Crippen molar-refractivity contribution in [2.24, 2.45) is 0 Å². The van der Waals surface area contributed by atoms with Gasteiger partial charge < -0.3 is 4.98 Å². The molecule has 1 heterocycles. The molecule has 1 nitrogen and oxygen atoms in total. The van der Waals surface area contributed by atoms with Crippen LogP contribution in [0.4, 0.5) is 4.39 Å². The predicted molar refractivity (Wildman–Crippen MR) is 38.2 cm³/mol. The lowest BCUT2D eigenvalue weighted by Gasteiger charge is -2.05. The zero-order valence-electron chi connectivity index (χ0n) is 5.52. The lowest BCUT2D eigenvalue weighted by molar-refractivity contribution is 0.590. The maximum absolute atomic E-state index is 12.6. The SMILES string of the molecule is FC1=Cc2[nH]ccc2CC1. The second kappa shape index (κ2) is 1.97. The highest BCUT2D eigenvalue weighted by molar-refractivity contribution is 5.54. The van der Waals surface area contributed by atoms with Crippen molar-refractivity contribution >= 4 is 6.08 Å². The summed E-state index contributed by atoms with van der Waals surface area (Å²) in [7, 11) is 0. The Balaban J connectivity index is 2.50. The van der Waals surface area contributed by atoms with E-state index in [0.717, 1.165) is 12.1 Å². The van der Waals surface area contributed by atoms with Gasteiger partial charge in [-0.05, 0) is 24.1 Å². The summed E-state index contributed by atoms with van der Waals surface area (Å²) in [5.41, 5.74) is 2.16. The molecule has 0 atom stereocenters. The minimum Gasteiger partial charge on any atom is -0.361 e. The van der Waals surface area contributed by atoms with Crippen LogP contribution in [-0.4, -0.2) is 4.98 Å². The van der Waals surface area contributed by atoms with Crippen LogP contribution in [0, 0.1) is 0 Å². The van der Waals surface area contributed by atoms with Crippen molar-refractivity contribution in [3.63, 3.8) is 0 Å². The normalized spacial score (nSPS) is 16.3. The smallest absolute Gasteiger partial charge is 0.102 e. The van der Waals surface area contributed by atoms with Crippen molar-refractivity contribution in [2.45, 2.75) is 12.8 Å². The number of allylic oxidation sites excluding steroid dienone is 1. The summed E-state index contributed by atoms with van der Waals surface area (Å²) in [6, 6.07) is 2.00. The lowest BCUT2D eigenvalue weighted by Crippen LogP contribution is -1.93. The van der Waals surface area contributed by atoms with Crippen molar-refractivity contribution in [3.8, 4) is 0 Å². The number of rotatable bonds is 0. The molecular formula is C8H8FN. The fourth-order valence-corrected chi connectivity index (χ4v) is 1.25. The quantitative estimate of drug-likeness (QED) is 0.564. The summed E-state index contributed by atoms with van der Waals surface area (Å²) in [6.45, 7) is 0. The maximum atomic E-state index is 12.6. The summed E-state index contributed by atoms with van der Waals surface area (Å²) in [5, 5.41) is 0. The van der Waals surface area contributed by atoms with Gasteiger partial charge in [-0.1, -0.05) is 0 Å². The van der Waals surface area contributed by atoms with E-state index in [2.05, 4.69) is 4.98 Å². The van der Waals surface area contributed by atoms with Gasteiger partial charge in [-0.2, -0.15) is 0 Å². The maximum Gasteiger partial charge on any atom is 0.102 e. The van der Waals surface area contributed by atoms with Crippen LogP contribution in [0.5, 0.6) is 0 Å². The molecule has 0 radical (unpaired) electrons. The molecule has 1 aliphatic rings. The molecule has 0 bridgehead atoms. The van der Waals surface area contributed by atoms with Crippen LogP contribution in [0.15, 0.2) is 18.1 Å². The molecule has 10 heavy (non-hydrogen) atoms. The molecule has 0 unspecified atom stereocenters. The number of aromatic amines is 1. The molecule has 0 spiro atoms. The molecule has 52 valence electrons. The zero-order valence-corrected chi connectivity index (χ0v) is 5.52. The summed E-state index contributed by atoms with van der Waals surface area (Å²) in [4.78, 5) is 2.97. The summed E-state index contributed by atoms with van der Waals surface area (Å²) in [6.07, 6.45) is 4.81. The van der Waals surface area contributed by atoms with Crippen LogP contribution in [0.25, 0.3) is 6.08 Å². The van der Waals surface area contributed by atoms with Crippen LogP contribution in [0.1, 0.15) is 17.7 Å². The minimum absolute atomic E-state index is 0.0186. The van der Waals surface area contributed by atoms with Crippen molar-refractivity contribution in [3.05, 3.63) is 29.3 Å². The Morgan fingerprint density at radius 2 is 2.30 bits per heavy atom. The minimum atomic E-state index is -0.0186. The molecule has 0 saturated carbocycles. The van der Waals surface area contributed by atoms with Crippen molar-refractivity contribution in [1.82, 2.24) is 4.98 Å². The highest BCUT2D eigenvalue weighted by Crippen LogP contribution is 2.22. The second-order valence-corrected chi connectivity index (χ2v) is 2.51. The molecule has 0 saturated heterocycles. The summed E-state index contributed by atoms with van der Waals surface area (Å²) < 4.78 is 12.6. The Morgan fingerprint density at radius 1 is 1.40 bits per heavy atom. The van der Waals surface area contributed by atoms with Crippen molar-refractivity contribution in [2.75, 3.05) is 0 Å². The predicted octanol–water partition coefficient (Wildman–Crippen LogP) is 2.27. The first-order valence-corrected chi connectivity index (χ1v) is 3.38. The van der Waals surface area contributed by atoms with Crippen LogP contribution in [-0.2, 0) is 6.42 Å². The molecule has 0 aliphatic heterocycles. The molecule has 1 aliphatic carbocycles. The second-order valence-electron chi connectivity index (χ2n) is 2.51. The third-order valence-corrected chi connectivity index (χ3v) is 1.80. The number of nitrogens with one attached hydrogen (secondary N) is 1. The van der Waals surface area contributed by atoms with E-state index >= 15 is 0 Å². The highest BCUT2D eigenvalue weighted by atomic mass is 19.1. The van der Waals surface area contributed by atoms with E-state index in [1.165, 1.54) is 5.56 Å². The number of hydrogen-bond acceptors (Lipinski definition) is 0. The van der Waals surface area contributed by atoms with E-state index in [-0.39, 0.29) is 5.83 Å². The van der Waals surface area contributed by atoms with Crippen LogP contribution >= 0.6 is 0 Å². The van der Waals surface area contributed by atoms with Crippen LogP contribution in [0.2, 0.25) is 0 Å². The van der Waals surface area contributed by atoms with Gasteiger partial charge in [0.15, 0.2) is 0 Å². The number of aromatic nitrogens is 1. The van der Waals surface area contributed by atoms with Gasteiger partial charge in [-0.25, -0.2) is 4.39 Å². The molecular weight excluding hydrogens is 129 g/mol. The fourth-order valence-electron chi connectivity index (χ4n) is 1.25. The highest BCUT2D eigenvalue weighted by Gasteiger charge is 2.09. The van der Waals surface area contributed by atoms with E-state index in [9.17, 15) is 4.39 Å². The van der Waals surface area contributed by atoms with E-state index in [4.69, 9.17) is 0 Å². The van der Waals surface area contributed by atoms with E-state index < -0.39 is 0 Å². The van der Waals surface area contributed by atoms with Gasteiger partial charge in [0.05, 0.1) is 0 Å². The van der Waals surface area contributed by atoms with E-state index in [1.54, 1.807) is 6.08 Å². The molecule has 2 heteroatoms. The molecule has 1 N–H and O–H groups in total. The third kappa shape index (κ3) is 0.764. The Morgan fingerprint density at radius 3 is 3.20 bits per heavy atom. The average molecular weight is 137 g/mol. The molecule has 0 aromatic carbocycles. The summed E-state index contributed by atoms with van der Waals surface area (Å²) in [5.74, 6) is -0.0186. The van der Waals surface area contributed by atoms with E-state index in [1.807, 2.05) is 12.3 Å². The van der Waals surface area contributed by atoms with Gasteiger partial charge >= 0.3 is 0 Å². The Labute approximate surface area is 58.6 Å². The number of H-pyrrole nitrogens is 1. The van der Waals surface area contributed by atoms with Gasteiger partial charge in [-0.15, -0.1) is 0 Å². The van der Waals surface area contributed by atoms with Gasteiger partial charge in [0.1, 0.15) is 5.83 Å². The first-order valence-electron chi connectivity index (χ1n) is 3.38. The van der Waals surface area contributed by atoms with Crippen LogP contribution in [0.3, 0.4) is 0 Å². The van der Waals surface area contributed by atoms with E-state index in [0.29, 0.717) is 6.42 Å². The summed E-state index contributed by atoms with van der Waals surface area (Å²) >= 11 is 0. The molecule has 1 aromatic heterocycles.